The van der Waals surface area contributed by atoms with E-state index in [9.17, 15) is 9.59 Å². The molecule has 1 fully saturated rings. The van der Waals surface area contributed by atoms with Crippen LogP contribution in [0.5, 0.6) is 0 Å². The van der Waals surface area contributed by atoms with E-state index in [-0.39, 0.29) is 5.91 Å². The molecule has 0 spiro atoms. The topological polar surface area (TPSA) is 75.6 Å². The number of benzene rings is 1. The van der Waals surface area contributed by atoms with E-state index in [2.05, 4.69) is 9.88 Å². The van der Waals surface area contributed by atoms with Crippen LogP contribution in [0.3, 0.4) is 0 Å². The molecular formula is C26H22N4O3S2. The number of fused-ring (bicyclic) bond motifs is 3. The fourth-order valence-corrected chi connectivity index (χ4v) is 6.50. The Balaban J connectivity index is 1.31. The van der Waals surface area contributed by atoms with Crippen LogP contribution in [0.25, 0.3) is 21.0 Å². The monoisotopic (exact) mass is 502 g/mol. The molecule has 7 nitrogen and oxygen atoms in total. The number of anilines is 2. The lowest BCUT2D eigenvalue weighted by atomic mass is 10.1. The van der Waals surface area contributed by atoms with Gasteiger partial charge in [0.2, 0.25) is 0 Å². The highest BCUT2D eigenvalue weighted by Crippen LogP contribution is 2.41. The summed E-state index contributed by atoms with van der Waals surface area (Å²) in [5, 5.41) is 0.948. The van der Waals surface area contributed by atoms with Crippen molar-refractivity contribution in [3.63, 3.8) is 0 Å². The quantitative estimate of drug-likeness (QED) is 0.374. The summed E-state index contributed by atoms with van der Waals surface area (Å²) in [6.45, 7) is 3.58. The second kappa shape index (κ2) is 9.33. The number of aromatic nitrogens is 2. The average Bonchev–Trinajstić information content (AvgIpc) is 3.54. The summed E-state index contributed by atoms with van der Waals surface area (Å²) >= 11 is 3.06. The Hall–Kier alpha value is -3.40. The standard InChI is InChI=1S/C26H22N4O3S2/c31-16-18-14-17-8-9-30(22-7-2-1-4-19(22)24(17)34-18)25(32)21-6-3-5-20(28-21)23-15-27-26(35-23)29-10-12-33-13-11-29/h1-7,14-16H,8-13H2. The third-order valence-corrected chi connectivity index (χ3v) is 8.45. The van der Waals surface area contributed by atoms with Gasteiger partial charge in [-0.15, -0.1) is 11.3 Å². The molecule has 0 bridgehead atoms. The number of hydrogen-bond donors (Lipinski definition) is 0. The molecule has 0 unspecified atom stereocenters. The molecule has 4 aromatic rings. The van der Waals surface area contributed by atoms with Gasteiger partial charge in [0.25, 0.3) is 5.91 Å². The predicted octanol–water partition coefficient (Wildman–Crippen LogP) is 4.79. The summed E-state index contributed by atoms with van der Waals surface area (Å²) < 4.78 is 5.44. The van der Waals surface area contributed by atoms with Gasteiger partial charge in [0.1, 0.15) is 5.69 Å². The van der Waals surface area contributed by atoms with Crippen molar-refractivity contribution in [3.05, 3.63) is 70.9 Å². The Bertz CT molecular complexity index is 1410. The van der Waals surface area contributed by atoms with Crippen molar-refractivity contribution in [2.75, 3.05) is 42.6 Å². The van der Waals surface area contributed by atoms with Gasteiger partial charge >= 0.3 is 0 Å². The van der Waals surface area contributed by atoms with Crippen molar-refractivity contribution in [3.8, 4) is 21.0 Å². The molecule has 9 heteroatoms. The van der Waals surface area contributed by atoms with E-state index in [1.165, 1.54) is 11.3 Å². The third kappa shape index (κ3) is 4.16. The van der Waals surface area contributed by atoms with Crippen LogP contribution in [-0.2, 0) is 11.2 Å². The first-order valence-electron chi connectivity index (χ1n) is 11.5. The van der Waals surface area contributed by atoms with Gasteiger partial charge in [0, 0.05) is 36.3 Å². The number of carbonyl (C=O) groups is 2. The van der Waals surface area contributed by atoms with E-state index < -0.39 is 0 Å². The van der Waals surface area contributed by atoms with Gasteiger partial charge in [-0.05, 0) is 36.2 Å². The third-order valence-electron chi connectivity index (χ3n) is 6.23. The van der Waals surface area contributed by atoms with Crippen molar-refractivity contribution >= 4 is 45.7 Å². The molecule has 35 heavy (non-hydrogen) atoms. The van der Waals surface area contributed by atoms with Crippen LogP contribution in [0.1, 0.15) is 25.7 Å². The predicted molar refractivity (Wildman–Crippen MR) is 139 cm³/mol. The maximum Gasteiger partial charge on any atom is 0.276 e. The summed E-state index contributed by atoms with van der Waals surface area (Å²) in [5.74, 6) is -0.136. The summed E-state index contributed by atoms with van der Waals surface area (Å²) in [6, 6.07) is 15.4. The molecule has 0 saturated carbocycles. The summed E-state index contributed by atoms with van der Waals surface area (Å²) in [6.07, 6.45) is 3.40. The number of carbonyl (C=O) groups excluding carboxylic acids is 2. The number of ether oxygens (including phenoxy) is 1. The number of rotatable bonds is 4. The number of para-hydroxylation sites is 1. The Labute approximate surface area is 210 Å². The van der Waals surface area contributed by atoms with E-state index in [0.29, 0.717) is 36.8 Å². The number of morpholine rings is 1. The molecule has 2 aliphatic rings. The van der Waals surface area contributed by atoms with E-state index in [1.54, 1.807) is 22.3 Å². The molecule has 1 amide bonds. The minimum atomic E-state index is -0.136. The van der Waals surface area contributed by atoms with Crippen molar-refractivity contribution in [1.82, 2.24) is 9.97 Å². The van der Waals surface area contributed by atoms with Crippen LogP contribution in [0.15, 0.2) is 54.7 Å². The molecule has 2 aliphatic heterocycles. The number of pyridine rings is 1. The Morgan fingerprint density at radius 3 is 2.74 bits per heavy atom. The van der Waals surface area contributed by atoms with Crippen LogP contribution in [0, 0.1) is 0 Å². The number of thiazole rings is 1. The van der Waals surface area contributed by atoms with Gasteiger partial charge in [0.15, 0.2) is 11.4 Å². The minimum absolute atomic E-state index is 0.136. The van der Waals surface area contributed by atoms with Crippen molar-refractivity contribution in [2.24, 2.45) is 0 Å². The van der Waals surface area contributed by atoms with Crippen LogP contribution < -0.4 is 9.80 Å². The van der Waals surface area contributed by atoms with Gasteiger partial charge < -0.3 is 14.5 Å². The minimum Gasteiger partial charge on any atom is -0.378 e. The highest BCUT2D eigenvalue weighted by atomic mass is 32.1. The summed E-state index contributed by atoms with van der Waals surface area (Å²) in [4.78, 5) is 41.1. The first-order chi connectivity index (χ1) is 17.2. The van der Waals surface area contributed by atoms with Gasteiger partial charge in [-0.2, -0.15) is 0 Å². The van der Waals surface area contributed by atoms with Crippen molar-refractivity contribution in [1.29, 1.82) is 0 Å². The molecule has 0 aliphatic carbocycles. The average molecular weight is 503 g/mol. The van der Waals surface area contributed by atoms with Crippen molar-refractivity contribution < 1.29 is 14.3 Å². The van der Waals surface area contributed by atoms with E-state index in [0.717, 1.165) is 56.8 Å². The largest absolute Gasteiger partial charge is 0.378 e. The molecule has 6 rings (SSSR count). The Kier molecular flexibility index (Phi) is 5.89. The number of nitrogens with zero attached hydrogens (tertiary/aromatic N) is 4. The fourth-order valence-electron chi connectivity index (χ4n) is 4.50. The second-order valence-electron chi connectivity index (χ2n) is 8.36. The SMILES string of the molecule is O=Cc1cc2c(s1)-c1ccccc1N(C(=O)c1cccc(-c3cnc(N4CCOCC4)s3)n1)CC2. The number of thiophene rings is 1. The van der Waals surface area contributed by atoms with Crippen LogP contribution >= 0.6 is 22.7 Å². The number of hydrogen-bond acceptors (Lipinski definition) is 8. The zero-order valence-corrected chi connectivity index (χ0v) is 20.5. The Morgan fingerprint density at radius 1 is 1.03 bits per heavy atom. The normalized spacial score (nSPS) is 15.3. The van der Waals surface area contributed by atoms with Crippen LogP contribution in [-0.4, -0.2) is 55.0 Å². The van der Waals surface area contributed by atoms with Gasteiger partial charge in [0.05, 0.1) is 34.3 Å². The molecule has 0 radical (unpaired) electrons. The highest BCUT2D eigenvalue weighted by Gasteiger charge is 2.27. The number of aldehydes is 1. The maximum absolute atomic E-state index is 13.7. The fraction of sp³-hybridized carbons (Fsp3) is 0.231. The van der Waals surface area contributed by atoms with Gasteiger partial charge in [-0.1, -0.05) is 35.6 Å². The first kappa shape index (κ1) is 22.1. The second-order valence-corrected chi connectivity index (χ2v) is 10.5. The van der Waals surface area contributed by atoms with Gasteiger partial charge in [-0.25, -0.2) is 9.97 Å². The zero-order valence-electron chi connectivity index (χ0n) is 18.8. The molecule has 176 valence electrons. The van der Waals surface area contributed by atoms with Gasteiger partial charge in [-0.3, -0.25) is 9.59 Å². The molecule has 3 aromatic heterocycles. The Morgan fingerprint density at radius 2 is 1.89 bits per heavy atom. The lowest BCUT2D eigenvalue weighted by molar-refractivity contribution is 0.0982. The highest BCUT2D eigenvalue weighted by molar-refractivity contribution is 7.19. The molecule has 1 saturated heterocycles. The lowest BCUT2D eigenvalue weighted by Crippen LogP contribution is -2.36. The zero-order chi connectivity index (χ0) is 23.8. The van der Waals surface area contributed by atoms with Crippen LogP contribution in [0.4, 0.5) is 10.8 Å². The lowest BCUT2D eigenvalue weighted by Gasteiger charge is -2.25. The molecule has 0 atom stereocenters. The molecular weight excluding hydrogens is 480 g/mol. The van der Waals surface area contributed by atoms with E-state index in [1.807, 2.05) is 48.7 Å². The maximum atomic E-state index is 13.7. The first-order valence-corrected chi connectivity index (χ1v) is 13.1. The van der Waals surface area contributed by atoms with Crippen LogP contribution in [0.2, 0.25) is 0 Å². The smallest absolute Gasteiger partial charge is 0.276 e. The summed E-state index contributed by atoms with van der Waals surface area (Å²) in [5.41, 5.74) is 4.06. The molecule has 5 heterocycles. The van der Waals surface area contributed by atoms with E-state index in [4.69, 9.17) is 9.72 Å². The summed E-state index contributed by atoms with van der Waals surface area (Å²) in [7, 11) is 0. The van der Waals surface area contributed by atoms with Crippen molar-refractivity contribution in [2.45, 2.75) is 6.42 Å². The van der Waals surface area contributed by atoms with E-state index >= 15 is 0 Å². The molecule has 0 N–H and O–H groups in total. The number of amides is 1. The molecule has 1 aromatic carbocycles.